The van der Waals surface area contributed by atoms with E-state index in [0.717, 1.165) is 16.4 Å². The molecule has 0 aromatic carbocycles. The molecule has 7 nitrogen and oxygen atoms in total. The summed E-state index contributed by atoms with van der Waals surface area (Å²) in [5.74, 6) is 0.912. The molecule has 0 aliphatic carbocycles. The van der Waals surface area contributed by atoms with Gasteiger partial charge in [-0.05, 0) is 26.8 Å². The summed E-state index contributed by atoms with van der Waals surface area (Å²) in [5.41, 5.74) is -0.109. The van der Waals surface area contributed by atoms with Gasteiger partial charge in [-0.1, -0.05) is 16.1 Å². The summed E-state index contributed by atoms with van der Waals surface area (Å²) in [5, 5.41) is 6.56. The first-order valence-corrected chi connectivity index (χ1v) is 7.66. The quantitative estimate of drug-likeness (QED) is 0.866. The molecule has 1 unspecified atom stereocenters. The average molecular weight is 341 g/mol. The van der Waals surface area contributed by atoms with Crippen molar-refractivity contribution >= 4 is 35.1 Å². The molecular formula is C13H13ClN4O3S. The lowest BCUT2D eigenvalue weighted by Crippen LogP contribution is -2.41. The van der Waals surface area contributed by atoms with Crippen molar-refractivity contribution in [1.82, 2.24) is 19.8 Å². The molecule has 2 aromatic heterocycles. The summed E-state index contributed by atoms with van der Waals surface area (Å²) in [6.07, 6.45) is 0. The fraction of sp³-hybridized carbons (Fsp3) is 0.385. The molecule has 3 amide bonds. The van der Waals surface area contributed by atoms with Crippen LogP contribution in [0, 0.1) is 13.8 Å². The number of carbonyl (C=O) groups is 2. The Balaban J connectivity index is 1.94. The van der Waals surface area contributed by atoms with Crippen LogP contribution in [0.3, 0.4) is 0 Å². The molecule has 1 fully saturated rings. The van der Waals surface area contributed by atoms with Gasteiger partial charge in [-0.15, -0.1) is 5.10 Å². The number of nitrogens with one attached hydrogen (secondary N) is 1. The third-order valence-electron chi connectivity index (χ3n) is 3.67. The van der Waals surface area contributed by atoms with E-state index in [2.05, 4.69) is 14.9 Å². The van der Waals surface area contributed by atoms with Crippen molar-refractivity contribution in [2.45, 2.75) is 32.9 Å². The van der Waals surface area contributed by atoms with Crippen LogP contribution in [0.1, 0.15) is 29.7 Å². The molecule has 2 aromatic rings. The Kier molecular flexibility index (Phi) is 3.45. The average Bonchev–Trinajstić information content (AvgIpc) is 3.05. The van der Waals surface area contributed by atoms with Crippen LogP contribution in [0.5, 0.6) is 0 Å². The maximum atomic E-state index is 12.8. The number of hydrogen-bond acceptors (Lipinski definition) is 6. The van der Waals surface area contributed by atoms with Crippen LogP contribution >= 0.6 is 23.1 Å². The minimum absolute atomic E-state index is 0.00846. The number of amides is 3. The summed E-state index contributed by atoms with van der Waals surface area (Å²) in [4.78, 5) is 26.0. The second kappa shape index (κ2) is 5.06. The molecule has 1 aliphatic heterocycles. The van der Waals surface area contributed by atoms with E-state index in [9.17, 15) is 9.59 Å². The lowest BCUT2D eigenvalue weighted by molar-refractivity contribution is -0.131. The molecule has 3 heterocycles. The van der Waals surface area contributed by atoms with Gasteiger partial charge in [0.1, 0.15) is 27.1 Å². The first-order valence-electron chi connectivity index (χ1n) is 6.51. The summed E-state index contributed by atoms with van der Waals surface area (Å²) < 4.78 is 9.54. The lowest BCUT2D eigenvalue weighted by atomic mass is 9.92. The second-order valence-electron chi connectivity index (χ2n) is 5.27. The van der Waals surface area contributed by atoms with Gasteiger partial charge >= 0.3 is 6.03 Å². The van der Waals surface area contributed by atoms with Gasteiger partial charge in [-0.25, -0.2) is 4.79 Å². The van der Waals surface area contributed by atoms with Gasteiger partial charge in [-0.3, -0.25) is 9.69 Å². The number of hydrogen-bond donors (Lipinski definition) is 1. The number of furan rings is 1. The maximum absolute atomic E-state index is 12.8. The molecule has 0 spiro atoms. The molecule has 1 atom stereocenters. The Hall–Kier alpha value is -1.93. The van der Waals surface area contributed by atoms with Crippen LogP contribution < -0.4 is 5.32 Å². The molecule has 116 valence electrons. The molecule has 1 N–H and O–H groups in total. The number of aryl methyl sites for hydroxylation is 2. The summed E-state index contributed by atoms with van der Waals surface area (Å²) >= 11 is 6.95. The Bertz CT molecular complexity index is 771. The Morgan fingerprint density at radius 2 is 2.18 bits per heavy atom. The van der Waals surface area contributed by atoms with Gasteiger partial charge in [-0.2, -0.15) is 0 Å². The normalized spacial score (nSPS) is 21.5. The van der Waals surface area contributed by atoms with Gasteiger partial charge in [0.15, 0.2) is 0 Å². The maximum Gasteiger partial charge on any atom is 0.325 e. The number of urea groups is 1. The van der Waals surface area contributed by atoms with Crippen LogP contribution in [0.15, 0.2) is 10.5 Å². The molecule has 0 radical (unpaired) electrons. The van der Waals surface area contributed by atoms with Crippen molar-refractivity contribution in [3.8, 4) is 0 Å². The highest BCUT2D eigenvalue weighted by molar-refractivity contribution is 7.10. The van der Waals surface area contributed by atoms with Gasteiger partial charge in [0.25, 0.3) is 5.91 Å². The molecular weight excluding hydrogens is 328 g/mol. The SMILES string of the molecule is Cc1cc(C2(C)NC(=O)N(Cc3nnsc3Cl)C2=O)c(C)o1. The Morgan fingerprint density at radius 1 is 1.45 bits per heavy atom. The van der Waals surface area contributed by atoms with Gasteiger partial charge in [0.2, 0.25) is 0 Å². The minimum atomic E-state index is -1.16. The van der Waals surface area contributed by atoms with Crippen LogP contribution in [0.25, 0.3) is 0 Å². The van der Waals surface area contributed by atoms with E-state index >= 15 is 0 Å². The zero-order valence-electron chi connectivity index (χ0n) is 12.1. The molecule has 1 aliphatic rings. The van der Waals surface area contributed by atoms with Crippen molar-refractivity contribution in [3.63, 3.8) is 0 Å². The summed E-state index contributed by atoms with van der Waals surface area (Å²) in [6.45, 7) is 5.20. The van der Waals surface area contributed by atoms with Crippen molar-refractivity contribution in [2.75, 3.05) is 0 Å². The van der Waals surface area contributed by atoms with E-state index in [-0.39, 0.29) is 12.5 Å². The standard InChI is InChI=1S/C13H13ClN4O3S/c1-6-4-8(7(2)21-6)13(3)11(19)18(12(20)15-13)5-9-10(14)22-17-16-9/h4H,5H2,1-3H3,(H,15,20). The number of aromatic nitrogens is 2. The third-order valence-corrected chi connectivity index (χ3v) is 4.66. The van der Waals surface area contributed by atoms with Crippen molar-refractivity contribution in [3.05, 3.63) is 33.2 Å². The summed E-state index contributed by atoms with van der Waals surface area (Å²) in [7, 11) is 0. The van der Waals surface area contributed by atoms with Gasteiger partial charge in [0, 0.05) is 17.1 Å². The zero-order chi connectivity index (χ0) is 16.1. The smallest absolute Gasteiger partial charge is 0.325 e. The van der Waals surface area contributed by atoms with Crippen molar-refractivity contribution in [2.24, 2.45) is 0 Å². The molecule has 1 saturated heterocycles. The van der Waals surface area contributed by atoms with Crippen LogP contribution in [0.4, 0.5) is 4.79 Å². The molecule has 22 heavy (non-hydrogen) atoms. The molecule has 3 rings (SSSR count). The van der Waals surface area contributed by atoms with Crippen molar-refractivity contribution in [1.29, 1.82) is 0 Å². The number of nitrogens with zero attached hydrogens (tertiary/aromatic N) is 3. The second-order valence-corrected chi connectivity index (χ2v) is 6.62. The largest absolute Gasteiger partial charge is 0.466 e. The first kappa shape index (κ1) is 15.0. The van der Waals surface area contributed by atoms with E-state index in [1.807, 2.05) is 0 Å². The minimum Gasteiger partial charge on any atom is -0.466 e. The number of imide groups is 1. The van der Waals surface area contributed by atoms with Gasteiger partial charge in [0.05, 0.1) is 6.54 Å². The Labute approximate surface area is 135 Å². The van der Waals surface area contributed by atoms with Crippen LogP contribution in [-0.4, -0.2) is 26.4 Å². The molecule has 0 bridgehead atoms. The predicted molar refractivity (Wildman–Crippen MR) is 79.5 cm³/mol. The predicted octanol–water partition coefficient (Wildman–Crippen LogP) is 2.37. The highest BCUT2D eigenvalue weighted by atomic mass is 35.5. The highest BCUT2D eigenvalue weighted by Gasteiger charge is 2.50. The van der Waals surface area contributed by atoms with E-state index in [0.29, 0.717) is 27.1 Å². The molecule has 0 saturated carbocycles. The zero-order valence-corrected chi connectivity index (χ0v) is 13.7. The van der Waals surface area contributed by atoms with Crippen LogP contribution in [-0.2, 0) is 16.9 Å². The van der Waals surface area contributed by atoms with E-state index < -0.39 is 11.6 Å². The number of carbonyl (C=O) groups excluding carboxylic acids is 2. The first-order chi connectivity index (χ1) is 10.3. The number of rotatable bonds is 3. The van der Waals surface area contributed by atoms with Crippen molar-refractivity contribution < 1.29 is 14.0 Å². The van der Waals surface area contributed by atoms with E-state index in [1.165, 1.54) is 0 Å². The van der Waals surface area contributed by atoms with E-state index in [1.54, 1.807) is 26.8 Å². The Morgan fingerprint density at radius 3 is 2.73 bits per heavy atom. The monoisotopic (exact) mass is 340 g/mol. The highest BCUT2D eigenvalue weighted by Crippen LogP contribution is 2.34. The van der Waals surface area contributed by atoms with E-state index in [4.69, 9.17) is 16.0 Å². The summed E-state index contributed by atoms with van der Waals surface area (Å²) in [6, 6.07) is 1.27. The van der Waals surface area contributed by atoms with Gasteiger partial charge < -0.3 is 9.73 Å². The topological polar surface area (TPSA) is 88.3 Å². The lowest BCUT2D eigenvalue weighted by Gasteiger charge is -2.20. The third kappa shape index (κ3) is 2.19. The fourth-order valence-electron chi connectivity index (χ4n) is 2.59. The number of halogens is 1. The van der Waals surface area contributed by atoms with Crippen LogP contribution in [0.2, 0.25) is 4.34 Å². The molecule has 9 heteroatoms. The fourth-order valence-corrected chi connectivity index (χ4v) is 3.20.